The van der Waals surface area contributed by atoms with Gasteiger partial charge in [0.15, 0.2) is 0 Å². The number of hydrogen-bond acceptors (Lipinski definition) is 3. The molecule has 7 heteroatoms. The number of benzene rings is 2. The maximum Gasteiger partial charge on any atom is 0.256 e. The Hall–Kier alpha value is -3.12. The van der Waals surface area contributed by atoms with Crippen LogP contribution in [0.4, 0.5) is 0 Å². The van der Waals surface area contributed by atoms with Crippen LogP contribution in [0.25, 0.3) is 0 Å². The van der Waals surface area contributed by atoms with Crippen LogP contribution >= 0.6 is 11.6 Å². The van der Waals surface area contributed by atoms with Crippen LogP contribution in [-0.2, 0) is 13.1 Å². The average molecular weight is 439 g/mol. The molecular formula is C24H27ClN4O2. The zero-order valence-corrected chi connectivity index (χ0v) is 19.0. The number of rotatable bonds is 7. The molecule has 0 saturated carbocycles. The fourth-order valence-corrected chi connectivity index (χ4v) is 3.47. The summed E-state index contributed by atoms with van der Waals surface area (Å²) in [5, 5.41) is 7.63. The van der Waals surface area contributed by atoms with Gasteiger partial charge < -0.3 is 10.2 Å². The van der Waals surface area contributed by atoms with Gasteiger partial charge in [0.25, 0.3) is 11.8 Å². The molecule has 162 valence electrons. The van der Waals surface area contributed by atoms with Gasteiger partial charge in [-0.2, -0.15) is 5.10 Å². The molecule has 0 saturated heterocycles. The number of carbonyl (C=O) groups is 2. The van der Waals surface area contributed by atoms with Gasteiger partial charge in [-0.05, 0) is 44.0 Å². The van der Waals surface area contributed by atoms with E-state index >= 15 is 0 Å². The normalized spacial score (nSPS) is 10.9. The largest absolute Gasteiger partial charge is 0.348 e. The van der Waals surface area contributed by atoms with Gasteiger partial charge in [-0.3, -0.25) is 9.59 Å². The van der Waals surface area contributed by atoms with Gasteiger partial charge in [-0.25, -0.2) is 4.68 Å². The molecule has 0 unspecified atom stereocenters. The van der Waals surface area contributed by atoms with Crippen molar-refractivity contribution in [2.75, 3.05) is 7.05 Å². The third-order valence-corrected chi connectivity index (χ3v) is 5.60. The van der Waals surface area contributed by atoms with Gasteiger partial charge in [-0.15, -0.1) is 0 Å². The summed E-state index contributed by atoms with van der Waals surface area (Å²) in [6.45, 7) is 6.53. The topological polar surface area (TPSA) is 67.2 Å². The van der Waals surface area contributed by atoms with Gasteiger partial charge in [0.2, 0.25) is 0 Å². The molecule has 1 heterocycles. The van der Waals surface area contributed by atoms with Crippen molar-refractivity contribution in [1.29, 1.82) is 0 Å². The summed E-state index contributed by atoms with van der Waals surface area (Å²) in [4.78, 5) is 26.8. The standard InChI is InChI=1S/C24H27ClN4O2/c1-16(2)28(4)24(31)20-12-10-18(11-13-20)14-26-23(30)21-17(3)27-29(22(21)25)15-19-8-6-5-7-9-19/h5-13,16H,14-15H2,1-4H3,(H,26,30). The van der Waals surface area contributed by atoms with Crippen molar-refractivity contribution in [2.45, 2.75) is 39.9 Å². The van der Waals surface area contributed by atoms with Gasteiger partial charge in [-0.1, -0.05) is 54.1 Å². The minimum atomic E-state index is -0.276. The van der Waals surface area contributed by atoms with E-state index in [-0.39, 0.29) is 17.9 Å². The molecule has 0 spiro atoms. The van der Waals surface area contributed by atoms with E-state index in [1.807, 2.05) is 56.3 Å². The summed E-state index contributed by atoms with van der Waals surface area (Å²) in [6, 6.07) is 17.2. The fraction of sp³-hybridized carbons (Fsp3) is 0.292. The number of halogens is 1. The fourth-order valence-electron chi connectivity index (χ4n) is 3.15. The summed E-state index contributed by atoms with van der Waals surface area (Å²) in [6.07, 6.45) is 0. The molecule has 0 radical (unpaired) electrons. The van der Waals surface area contributed by atoms with E-state index in [1.54, 1.807) is 35.7 Å². The van der Waals surface area contributed by atoms with E-state index in [9.17, 15) is 9.59 Å². The zero-order valence-electron chi connectivity index (χ0n) is 18.2. The van der Waals surface area contributed by atoms with Crippen LogP contribution in [-0.4, -0.2) is 39.6 Å². The van der Waals surface area contributed by atoms with Crippen LogP contribution in [0.5, 0.6) is 0 Å². The smallest absolute Gasteiger partial charge is 0.256 e. The van der Waals surface area contributed by atoms with Crippen LogP contribution in [0.2, 0.25) is 5.15 Å². The van der Waals surface area contributed by atoms with Crippen LogP contribution in [0.3, 0.4) is 0 Å². The SMILES string of the molecule is Cc1nn(Cc2ccccc2)c(Cl)c1C(=O)NCc1ccc(C(=O)N(C)C(C)C)cc1. The van der Waals surface area contributed by atoms with Crippen LogP contribution in [0.15, 0.2) is 54.6 Å². The summed E-state index contributed by atoms with van der Waals surface area (Å²) < 4.78 is 1.63. The highest BCUT2D eigenvalue weighted by molar-refractivity contribution is 6.33. The van der Waals surface area contributed by atoms with E-state index in [4.69, 9.17) is 11.6 Å². The van der Waals surface area contributed by atoms with Crippen molar-refractivity contribution in [2.24, 2.45) is 0 Å². The van der Waals surface area contributed by atoms with Crippen LogP contribution in [0.1, 0.15) is 51.4 Å². The number of carbonyl (C=O) groups excluding carboxylic acids is 2. The Bertz CT molecular complexity index is 1060. The Morgan fingerprint density at radius 3 is 2.32 bits per heavy atom. The summed E-state index contributed by atoms with van der Waals surface area (Å²) in [7, 11) is 1.78. The van der Waals surface area contributed by atoms with Crippen molar-refractivity contribution in [3.63, 3.8) is 0 Å². The Labute approximate surface area is 187 Å². The molecule has 0 aliphatic heterocycles. The third-order valence-electron chi connectivity index (χ3n) is 5.22. The highest BCUT2D eigenvalue weighted by Gasteiger charge is 2.20. The first-order valence-electron chi connectivity index (χ1n) is 10.2. The molecule has 1 N–H and O–H groups in total. The van der Waals surface area contributed by atoms with Crippen LogP contribution in [0, 0.1) is 6.92 Å². The lowest BCUT2D eigenvalue weighted by Crippen LogP contribution is -2.32. The lowest BCUT2D eigenvalue weighted by Gasteiger charge is -2.21. The minimum Gasteiger partial charge on any atom is -0.348 e. The summed E-state index contributed by atoms with van der Waals surface area (Å²) in [5.74, 6) is -0.305. The van der Waals surface area contributed by atoms with Crippen molar-refractivity contribution in [1.82, 2.24) is 20.0 Å². The number of aromatic nitrogens is 2. The Balaban J connectivity index is 1.65. The predicted molar refractivity (Wildman–Crippen MR) is 122 cm³/mol. The highest BCUT2D eigenvalue weighted by atomic mass is 35.5. The number of nitrogens with zero attached hydrogens (tertiary/aromatic N) is 3. The second kappa shape index (κ2) is 9.79. The molecule has 31 heavy (non-hydrogen) atoms. The van der Waals surface area contributed by atoms with E-state index < -0.39 is 0 Å². The van der Waals surface area contributed by atoms with Crippen LogP contribution < -0.4 is 5.32 Å². The lowest BCUT2D eigenvalue weighted by molar-refractivity contribution is 0.0754. The van der Waals surface area contributed by atoms with E-state index in [0.717, 1.165) is 11.1 Å². The minimum absolute atomic E-state index is 0.0289. The molecule has 1 aromatic heterocycles. The van der Waals surface area contributed by atoms with Gasteiger partial charge >= 0.3 is 0 Å². The Kier molecular flexibility index (Phi) is 7.13. The third kappa shape index (κ3) is 5.33. The van der Waals surface area contributed by atoms with E-state index in [0.29, 0.717) is 35.1 Å². The van der Waals surface area contributed by atoms with Crippen molar-refractivity contribution in [3.05, 3.63) is 87.7 Å². The number of hydrogen-bond donors (Lipinski definition) is 1. The lowest BCUT2D eigenvalue weighted by atomic mass is 10.1. The molecule has 0 aliphatic carbocycles. The molecule has 0 fully saturated rings. The first-order valence-corrected chi connectivity index (χ1v) is 10.6. The number of nitrogens with one attached hydrogen (secondary N) is 1. The molecule has 6 nitrogen and oxygen atoms in total. The quantitative estimate of drug-likeness (QED) is 0.597. The van der Waals surface area contributed by atoms with E-state index in [2.05, 4.69) is 10.4 Å². The molecule has 0 atom stereocenters. The second-order valence-corrected chi connectivity index (χ2v) is 8.14. The van der Waals surface area contributed by atoms with Gasteiger partial charge in [0, 0.05) is 25.2 Å². The highest BCUT2D eigenvalue weighted by Crippen LogP contribution is 2.21. The molecule has 3 aromatic rings. The molecule has 3 rings (SSSR count). The maximum atomic E-state index is 12.8. The first kappa shape index (κ1) is 22.6. The van der Waals surface area contributed by atoms with Crippen molar-refractivity contribution in [3.8, 4) is 0 Å². The number of aryl methyl sites for hydroxylation is 1. The number of amides is 2. The van der Waals surface area contributed by atoms with Crippen molar-refractivity contribution >= 4 is 23.4 Å². The maximum absolute atomic E-state index is 12.8. The second-order valence-electron chi connectivity index (χ2n) is 7.78. The molecule has 0 bridgehead atoms. The van der Waals surface area contributed by atoms with Gasteiger partial charge in [0.1, 0.15) is 5.15 Å². The molecule has 0 aliphatic rings. The predicted octanol–water partition coefficient (Wildman–Crippen LogP) is 4.30. The Morgan fingerprint density at radius 1 is 1.06 bits per heavy atom. The molecule has 2 amide bonds. The Morgan fingerprint density at radius 2 is 1.71 bits per heavy atom. The first-order chi connectivity index (χ1) is 14.8. The molecule has 2 aromatic carbocycles. The molecular weight excluding hydrogens is 412 g/mol. The van der Waals surface area contributed by atoms with E-state index in [1.165, 1.54) is 0 Å². The van der Waals surface area contributed by atoms with Crippen molar-refractivity contribution < 1.29 is 9.59 Å². The van der Waals surface area contributed by atoms with Gasteiger partial charge in [0.05, 0.1) is 17.8 Å². The monoisotopic (exact) mass is 438 g/mol. The summed E-state index contributed by atoms with van der Waals surface area (Å²) in [5.41, 5.74) is 3.52. The zero-order chi connectivity index (χ0) is 22.5. The average Bonchev–Trinajstić information content (AvgIpc) is 3.04. The summed E-state index contributed by atoms with van der Waals surface area (Å²) >= 11 is 6.46.